The summed E-state index contributed by atoms with van der Waals surface area (Å²) in [4.78, 5) is 0. The van der Waals surface area contributed by atoms with Crippen LogP contribution < -0.4 is 5.73 Å². The van der Waals surface area contributed by atoms with Crippen molar-refractivity contribution in [3.05, 3.63) is 70.5 Å². The molecule has 1 unspecified atom stereocenters. The lowest BCUT2D eigenvalue weighted by Gasteiger charge is -2.15. The molecule has 0 amide bonds. The Hall–Kier alpha value is -1.81. The van der Waals surface area contributed by atoms with Crippen molar-refractivity contribution in [1.82, 2.24) is 0 Å². The zero-order valence-corrected chi connectivity index (χ0v) is 10.5. The minimum absolute atomic E-state index is 0.0327. The first-order valence-electron chi connectivity index (χ1n) is 5.93. The van der Waals surface area contributed by atoms with Gasteiger partial charge in [0.15, 0.2) is 0 Å². The van der Waals surface area contributed by atoms with E-state index >= 15 is 0 Å². The third-order valence-corrected chi connectivity index (χ3v) is 3.12. The first-order valence-corrected chi connectivity index (χ1v) is 5.93. The van der Waals surface area contributed by atoms with E-state index in [2.05, 4.69) is 0 Å². The van der Waals surface area contributed by atoms with Gasteiger partial charge in [-0.1, -0.05) is 12.1 Å². The number of hydrogen-bond acceptors (Lipinski definition) is 1. The van der Waals surface area contributed by atoms with Gasteiger partial charge in [0.05, 0.1) is 0 Å². The fraction of sp³-hybridized carbons (Fsp3) is 0.200. The molecule has 2 aromatic rings. The highest BCUT2D eigenvalue weighted by Gasteiger charge is 2.15. The molecule has 2 rings (SSSR count). The van der Waals surface area contributed by atoms with Crippen molar-refractivity contribution >= 4 is 0 Å². The van der Waals surface area contributed by atoms with E-state index in [1.807, 2.05) is 0 Å². The number of aryl methyl sites for hydroxylation is 1. The summed E-state index contributed by atoms with van der Waals surface area (Å²) in [7, 11) is 0. The second-order valence-electron chi connectivity index (χ2n) is 4.51. The lowest BCUT2D eigenvalue weighted by Crippen LogP contribution is -2.16. The van der Waals surface area contributed by atoms with Gasteiger partial charge < -0.3 is 5.73 Å². The van der Waals surface area contributed by atoms with Crippen LogP contribution >= 0.6 is 0 Å². The van der Waals surface area contributed by atoms with Gasteiger partial charge in [0.25, 0.3) is 0 Å². The molecule has 2 N–H and O–H groups in total. The van der Waals surface area contributed by atoms with E-state index in [4.69, 9.17) is 5.73 Å². The fourth-order valence-electron chi connectivity index (χ4n) is 2.11. The molecule has 0 saturated carbocycles. The van der Waals surface area contributed by atoms with Crippen LogP contribution in [0.1, 0.15) is 22.7 Å². The number of hydrogen-bond donors (Lipinski definition) is 1. The molecule has 0 bridgehead atoms. The smallest absolute Gasteiger partial charge is 0.129 e. The Morgan fingerprint density at radius 3 is 2.26 bits per heavy atom. The van der Waals surface area contributed by atoms with Crippen molar-refractivity contribution in [1.29, 1.82) is 0 Å². The van der Waals surface area contributed by atoms with Crippen LogP contribution in [0.5, 0.6) is 0 Å². The number of benzene rings is 2. The Morgan fingerprint density at radius 1 is 1.05 bits per heavy atom. The summed E-state index contributed by atoms with van der Waals surface area (Å²) in [6, 6.07) is 7.32. The highest BCUT2D eigenvalue weighted by Crippen LogP contribution is 2.23. The van der Waals surface area contributed by atoms with E-state index in [1.165, 1.54) is 30.3 Å². The first kappa shape index (κ1) is 13.6. The molecule has 0 fully saturated rings. The third-order valence-electron chi connectivity index (χ3n) is 3.12. The maximum atomic E-state index is 13.5. The zero-order chi connectivity index (χ0) is 14.0. The molecule has 0 spiro atoms. The van der Waals surface area contributed by atoms with Crippen LogP contribution in [0.2, 0.25) is 0 Å². The molecule has 0 saturated heterocycles. The minimum atomic E-state index is -0.616. The minimum Gasteiger partial charge on any atom is -0.324 e. The van der Waals surface area contributed by atoms with Crippen LogP contribution in [0.25, 0.3) is 0 Å². The van der Waals surface area contributed by atoms with E-state index in [9.17, 15) is 13.2 Å². The average Bonchev–Trinajstić information content (AvgIpc) is 2.33. The van der Waals surface area contributed by atoms with E-state index in [-0.39, 0.29) is 17.8 Å². The predicted octanol–water partition coefficient (Wildman–Crippen LogP) is 3.65. The summed E-state index contributed by atoms with van der Waals surface area (Å²) in [5.41, 5.74) is 7.27. The van der Waals surface area contributed by atoms with Gasteiger partial charge in [-0.25, -0.2) is 13.2 Å². The van der Waals surface area contributed by atoms with Crippen LogP contribution in [-0.4, -0.2) is 0 Å². The number of halogens is 3. The summed E-state index contributed by atoms with van der Waals surface area (Å²) in [6.07, 6.45) is 0.0327. The highest BCUT2D eigenvalue weighted by atomic mass is 19.1. The summed E-state index contributed by atoms with van der Waals surface area (Å²) >= 11 is 0. The van der Waals surface area contributed by atoms with Crippen LogP contribution in [0, 0.1) is 24.4 Å². The van der Waals surface area contributed by atoms with E-state index in [0.29, 0.717) is 11.1 Å². The van der Waals surface area contributed by atoms with Crippen molar-refractivity contribution in [3.63, 3.8) is 0 Å². The second kappa shape index (κ2) is 5.45. The molecule has 0 aliphatic rings. The topological polar surface area (TPSA) is 26.0 Å². The quantitative estimate of drug-likeness (QED) is 0.900. The number of rotatable bonds is 3. The van der Waals surface area contributed by atoms with Crippen molar-refractivity contribution < 1.29 is 13.2 Å². The van der Waals surface area contributed by atoms with Crippen molar-refractivity contribution in [2.75, 3.05) is 0 Å². The third kappa shape index (κ3) is 2.96. The standard InChI is InChI=1S/C15H14F3N/c1-9-7-10(16)5-6-11(9)15(19)8-12-13(17)3-2-4-14(12)18/h2-7,15H,8,19H2,1H3. The van der Waals surface area contributed by atoms with E-state index in [0.717, 1.165) is 0 Å². The van der Waals surface area contributed by atoms with Crippen molar-refractivity contribution in [2.24, 2.45) is 5.73 Å². The van der Waals surface area contributed by atoms with Gasteiger partial charge >= 0.3 is 0 Å². The molecule has 19 heavy (non-hydrogen) atoms. The van der Waals surface area contributed by atoms with E-state index < -0.39 is 17.7 Å². The van der Waals surface area contributed by atoms with Gasteiger partial charge in [-0.3, -0.25) is 0 Å². The van der Waals surface area contributed by atoms with Gasteiger partial charge in [-0.05, 0) is 48.7 Å². The molecular weight excluding hydrogens is 251 g/mol. The van der Waals surface area contributed by atoms with Crippen LogP contribution in [0.4, 0.5) is 13.2 Å². The average molecular weight is 265 g/mol. The summed E-state index contributed by atoms with van der Waals surface area (Å²) in [5, 5.41) is 0. The number of nitrogens with two attached hydrogens (primary N) is 1. The zero-order valence-electron chi connectivity index (χ0n) is 10.5. The molecule has 0 radical (unpaired) electrons. The Morgan fingerprint density at radius 2 is 1.68 bits per heavy atom. The lowest BCUT2D eigenvalue weighted by atomic mass is 9.95. The van der Waals surface area contributed by atoms with Crippen molar-refractivity contribution in [3.8, 4) is 0 Å². The van der Waals surface area contributed by atoms with Crippen LogP contribution in [0.3, 0.4) is 0 Å². The van der Waals surface area contributed by atoms with Gasteiger partial charge in [0, 0.05) is 11.6 Å². The molecule has 100 valence electrons. The SMILES string of the molecule is Cc1cc(F)ccc1C(N)Cc1c(F)cccc1F. The molecule has 2 aromatic carbocycles. The van der Waals surface area contributed by atoms with Gasteiger partial charge in [0.2, 0.25) is 0 Å². The highest BCUT2D eigenvalue weighted by molar-refractivity contribution is 5.31. The maximum absolute atomic E-state index is 13.5. The van der Waals surface area contributed by atoms with Crippen molar-refractivity contribution in [2.45, 2.75) is 19.4 Å². The Balaban J connectivity index is 2.28. The molecule has 0 aliphatic heterocycles. The Bertz CT molecular complexity index is 576. The van der Waals surface area contributed by atoms with Crippen LogP contribution in [-0.2, 0) is 6.42 Å². The fourth-order valence-corrected chi connectivity index (χ4v) is 2.11. The maximum Gasteiger partial charge on any atom is 0.129 e. The molecule has 1 nitrogen and oxygen atoms in total. The summed E-state index contributed by atoms with van der Waals surface area (Å²) < 4.78 is 40.1. The summed E-state index contributed by atoms with van der Waals surface area (Å²) in [6.45, 7) is 1.72. The normalized spacial score (nSPS) is 12.5. The largest absolute Gasteiger partial charge is 0.324 e. The molecular formula is C15H14F3N. The first-order chi connectivity index (χ1) is 8.99. The molecule has 4 heteroatoms. The van der Waals surface area contributed by atoms with Crippen LogP contribution in [0.15, 0.2) is 36.4 Å². The summed E-state index contributed by atoms with van der Waals surface area (Å²) in [5.74, 6) is -1.59. The van der Waals surface area contributed by atoms with Gasteiger partial charge in [-0.15, -0.1) is 0 Å². The molecule has 0 heterocycles. The Kier molecular flexibility index (Phi) is 3.90. The predicted molar refractivity (Wildman–Crippen MR) is 68.1 cm³/mol. The second-order valence-corrected chi connectivity index (χ2v) is 4.51. The van der Waals surface area contributed by atoms with E-state index in [1.54, 1.807) is 13.0 Å². The monoisotopic (exact) mass is 265 g/mol. The lowest BCUT2D eigenvalue weighted by molar-refractivity contribution is 0.539. The Labute approximate surface area is 109 Å². The van der Waals surface area contributed by atoms with Gasteiger partial charge in [0.1, 0.15) is 17.5 Å². The molecule has 1 atom stereocenters. The molecule has 0 aromatic heterocycles. The molecule has 0 aliphatic carbocycles. The van der Waals surface area contributed by atoms with Gasteiger partial charge in [-0.2, -0.15) is 0 Å².